The molecule has 4 heteroatoms. The maximum absolute atomic E-state index is 12.1. The van der Waals surface area contributed by atoms with Crippen LogP contribution in [0, 0.1) is 5.92 Å². The van der Waals surface area contributed by atoms with Crippen LogP contribution >= 0.6 is 0 Å². The molecule has 1 aliphatic rings. The van der Waals surface area contributed by atoms with E-state index in [2.05, 4.69) is 0 Å². The molecule has 2 rings (SSSR count). The summed E-state index contributed by atoms with van der Waals surface area (Å²) in [5.41, 5.74) is 0.207. The fraction of sp³-hybridized carbons (Fsp3) is 0.533. The molecule has 2 atom stereocenters. The smallest absolute Gasteiger partial charge is 0.310 e. The molecule has 1 fully saturated rings. The lowest BCUT2D eigenvalue weighted by atomic mass is 9.97. The number of benzene rings is 1. The van der Waals surface area contributed by atoms with Crippen molar-refractivity contribution in [2.45, 2.75) is 44.5 Å². The zero-order valence-corrected chi connectivity index (χ0v) is 11.2. The number of rotatable bonds is 3. The van der Waals surface area contributed by atoms with Gasteiger partial charge in [-0.1, -0.05) is 30.3 Å². The maximum Gasteiger partial charge on any atom is 0.310 e. The average molecular weight is 264 g/mol. The fourth-order valence-corrected chi connectivity index (χ4v) is 2.42. The Morgan fingerprint density at radius 3 is 2.21 bits per heavy atom. The third kappa shape index (κ3) is 3.14. The number of carbonyl (C=O) groups excluding carboxylic acids is 1. The minimum absolute atomic E-state index is 0.269. The SMILES string of the molecule is CC(C)(OC(=O)C1CC(O)C(O)C1)c1ccccc1. The van der Waals surface area contributed by atoms with Gasteiger partial charge in [0.1, 0.15) is 5.60 Å². The topological polar surface area (TPSA) is 66.8 Å². The molecule has 0 radical (unpaired) electrons. The Kier molecular flexibility index (Phi) is 3.92. The van der Waals surface area contributed by atoms with Crippen molar-refractivity contribution in [2.24, 2.45) is 5.92 Å². The Labute approximate surface area is 113 Å². The highest BCUT2D eigenvalue weighted by atomic mass is 16.6. The van der Waals surface area contributed by atoms with Crippen LogP contribution in [-0.2, 0) is 15.1 Å². The Hall–Kier alpha value is -1.39. The summed E-state index contributed by atoms with van der Waals surface area (Å²) in [6, 6.07) is 9.52. The van der Waals surface area contributed by atoms with E-state index in [0.29, 0.717) is 0 Å². The van der Waals surface area contributed by atoms with Gasteiger partial charge in [-0.05, 0) is 32.3 Å². The Balaban J connectivity index is 2.03. The van der Waals surface area contributed by atoms with Crippen molar-refractivity contribution >= 4 is 5.97 Å². The summed E-state index contributed by atoms with van der Waals surface area (Å²) in [6.07, 6.45) is -1.11. The van der Waals surface area contributed by atoms with E-state index in [0.717, 1.165) is 5.56 Å². The lowest BCUT2D eigenvalue weighted by Crippen LogP contribution is -2.29. The van der Waals surface area contributed by atoms with Gasteiger partial charge in [0.05, 0.1) is 18.1 Å². The molecular formula is C15H20O4. The van der Waals surface area contributed by atoms with E-state index < -0.39 is 23.7 Å². The summed E-state index contributed by atoms with van der Waals surface area (Å²) < 4.78 is 5.54. The molecule has 0 bridgehead atoms. The number of hydrogen-bond donors (Lipinski definition) is 2. The minimum Gasteiger partial charge on any atom is -0.455 e. The highest BCUT2D eigenvalue weighted by molar-refractivity contribution is 5.73. The molecule has 19 heavy (non-hydrogen) atoms. The van der Waals surface area contributed by atoms with Crippen molar-refractivity contribution in [1.29, 1.82) is 0 Å². The molecule has 1 aliphatic carbocycles. The second kappa shape index (κ2) is 5.31. The third-order valence-corrected chi connectivity index (χ3v) is 3.65. The fourth-order valence-electron chi connectivity index (χ4n) is 2.42. The van der Waals surface area contributed by atoms with Crippen molar-refractivity contribution in [3.63, 3.8) is 0 Å². The molecule has 0 aromatic heterocycles. The first-order valence-electron chi connectivity index (χ1n) is 6.54. The first-order valence-corrected chi connectivity index (χ1v) is 6.54. The number of carbonyl (C=O) groups is 1. The van der Waals surface area contributed by atoms with Crippen LogP contribution < -0.4 is 0 Å². The third-order valence-electron chi connectivity index (χ3n) is 3.65. The van der Waals surface area contributed by atoms with E-state index in [1.54, 1.807) is 0 Å². The van der Waals surface area contributed by atoms with Gasteiger partial charge in [0, 0.05) is 0 Å². The highest BCUT2D eigenvalue weighted by Crippen LogP contribution is 2.31. The zero-order chi connectivity index (χ0) is 14.0. The number of hydrogen-bond acceptors (Lipinski definition) is 4. The van der Waals surface area contributed by atoms with Gasteiger partial charge in [-0.15, -0.1) is 0 Å². The number of esters is 1. The largest absolute Gasteiger partial charge is 0.455 e. The van der Waals surface area contributed by atoms with Crippen LogP contribution in [0.4, 0.5) is 0 Å². The molecule has 0 heterocycles. The van der Waals surface area contributed by atoms with Gasteiger partial charge in [-0.2, -0.15) is 0 Å². The van der Waals surface area contributed by atoms with Crippen LogP contribution in [0.5, 0.6) is 0 Å². The summed E-state index contributed by atoms with van der Waals surface area (Å²) in [7, 11) is 0. The van der Waals surface area contributed by atoms with Crippen LogP contribution in [0.3, 0.4) is 0 Å². The molecule has 0 aliphatic heterocycles. The zero-order valence-electron chi connectivity index (χ0n) is 11.2. The van der Waals surface area contributed by atoms with E-state index in [-0.39, 0.29) is 18.8 Å². The Morgan fingerprint density at radius 1 is 1.16 bits per heavy atom. The standard InChI is InChI=1S/C15H20O4/c1-15(2,11-6-4-3-5-7-11)19-14(18)10-8-12(16)13(17)9-10/h3-7,10,12-13,16-17H,8-9H2,1-2H3. The summed E-state index contributed by atoms with van der Waals surface area (Å²) in [5.74, 6) is -0.780. The van der Waals surface area contributed by atoms with Gasteiger partial charge in [-0.25, -0.2) is 0 Å². The van der Waals surface area contributed by atoms with Crippen molar-refractivity contribution in [1.82, 2.24) is 0 Å². The first-order chi connectivity index (χ1) is 8.90. The highest BCUT2D eigenvalue weighted by Gasteiger charge is 2.38. The quantitative estimate of drug-likeness (QED) is 0.814. The van der Waals surface area contributed by atoms with Gasteiger partial charge < -0.3 is 14.9 Å². The lowest BCUT2D eigenvalue weighted by Gasteiger charge is -2.27. The molecule has 0 spiro atoms. The molecule has 1 aromatic rings. The van der Waals surface area contributed by atoms with E-state index >= 15 is 0 Å². The molecule has 2 unspecified atom stereocenters. The second-order valence-corrected chi connectivity index (χ2v) is 5.60. The molecule has 2 N–H and O–H groups in total. The molecule has 1 saturated carbocycles. The van der Waals surface area contributed by atoms with Gasteiger partial charge in [0.2, 0.25) is 0 Å². The lowest BCUT2D eigenvalue weighted by molar-refractivity contribution is -0.162. The summed E-state index contributed by atoms with van der Waals surface area (Å²) in [5, 5.41) is 18.9. The molecule has 4 nitrogen and oxygen atoms in total. The van der Waals surface area contributed by atoms with Crippen LogP contribution in [0.15, 0.2) is 30.3 Å². The number of aliphatic hydroxyl groups excluding tert-OH is 2. The van der Waals surface area contributed by atoms with Crippen LogP contribution in [0.25, 0.3) is 0 Å². The second-order valence-electron chi connectivity index (χ2n) is 5.60. The predicted molar refractivity (Wildman–Crippen MR) is 70.3 cm³/mol. The summed E-state index contributed by atoms with van der Waals surface area (Å²) >= 11 is 0. The van der Waals surface area contributed by atoms with Gasteiger partial charge in [0.25, 0.3) is 0 Å². The van der Waals surface area contributed by atoms with Gasteiger partial charge in [0.15, 0.2) is 0 Å². The van der Waals surface area contributed by atoms with Crippen LogP contribution in [0.1, 0.15) is 32.3 Å². The number of ether oxygens (including phenoxy) is 1. The number of aliphatic hydroxyl groups is 2. The predicted octanol–water partition coefficient (Wildman–Crippen LogP) is 1.60. The van der Waals surface area contributed by atoms with Crippen molar-refractivity contribution in [3.8, 4) is 0 Å². The van der Waals surface area contributed by atoms with Crippen molar-refractivity contribution in [2.75, 3.05) is 0 Å². The molecule has 104 valence electrons. The molecular weight excluding hydrogens is 244 g/mol. The van der Waals surface area contributed by atoms with Crippen molar-refractivity contribution in [3.05, 3.63) is 35.9 Å². The van der Waals surface area contributed by atoms with Crippen LogP contribution in [0.2, 0.25) is 0 Å². The summed E-state index contributed by atoms with van der Waals surface area (Å²) in [6.45, 7) is 3.67. The minimum atomic E-state index is -0.822. The van der Waals surface area contributed by atoms with Crippen LogP contribution in [-0.4, -0.2) is 28.4 Å². The van der Waals surface area contributed by atoms with E-state index in [4.69, 9.17) is 4.74 Å². The van der Waals surface area contributed by atoms with E-state index in [9.17, 15) is 15.0 Å². The van der Waals surface area contributed by atoms with Gasteiger partial charge >= 0.3 is 5.97 Å². The van der Waals surface area contributed by atoms with E-state index in [1.165, 1.54) is 0 Å². The monoisotopic (exact) mass is 264 g/mol. The molecule has 0 saturated heterocycles. The normalized spacial score (nSPS) is 27.3. The molecule has 1 aromatic carbocycles. The first kappa shape index (κ1) is 14.0. The van der Waals surface area contributed by atoms with Crippen molar-refractivity contribution < 1.29 is 19.7 Å². The average Bonchev–Trinajstić information content (AvgIpc) is 2.70. The van der Waals surface area contributed by atoms with Gasteiger partial charge in [-0.3, -0.25) is 4.79 Å². The maximum atomic E-state index is 12.1. The Bertz CT molecular complexity index is 431. The Morgan fingerprint density at radius 2 is 1.68 bits per heavy atom. The molecule has 0 amide bonds. The van der Waals surface area contributed by atoms with E-state index in [1.807, 2.05) is 44.2 Å². The summed E-state index contributed by atoms with van der Waals surface area (Å²) in [4.78, 5) is 12.1.